The normalized spacial score (nSPS) is 16.2. The van der Waals surface area contributed by atoms with E-state index in [2.05, 4.69) is 10.6 Å². The summed E-state index contributed by atoms with van der Waals surface area (Å²) in [6.07, 6.45) is 0. The van der Waals surface area contributed by atoms with E-state index in [-0.39, 0.29) is 18.4 Å². The lowest BCUT2D eigenvalue weighted by atomic mass is 10.1. The molecule has 5 heteroatoms. The van der Waals surface area contributed by atoms with Crippen LogP contribution in [0.3, 0.4) is 0 Å². The second-order valence-corrected chi connectivity index (χ2v) is 3.23. The Bertz CT molecular complexity index is 213. The van der Waals surface area contributed by atoms with Gasteiger partial charge >= 0.3 is 0 Å². The lowest BCUT2D eigenvalue weighted by Crippen LogP contribution is -2.58. The van der Waals surface area contributed by atoms with Crippen LogP contribution in [0.25, 0.3) is 0 Å². The van der Waals surface area contributed by atoms with Crippen molar-refractivity contribution >= 4 is 11.8 Å². The van der Waals surface area contributed by atoms with Gasteiger partial charge in [0.05, 0.1) is 12.6 Å². The molecule has 0 radical (unpaired) electrons. The number of carbonyl (C=O) groups excluding carboxylic acids is 2. The first-order valence-corrected chi connectivity index (χ1v) is 4.32. The van der Waals surface area contributed by atoms with Crippen LogP contribution in [0.15, 0.2) is 0 Å². The van der Waals surface area contributed by atoms with E-state index in [1.807, 2.05) is 0 Å². The summed E-state index contributed by atoms with van der Waals surface area (Å²) in [5.74, 6) is -0.213. The predicted octanol–water partition coefficient (Wildman–Crippen LogP) is -1.45. The zero-order valence-electron chi connectivity index (χ0n) is 7.96. The average Bonchev–Trinajstić information content (AvgIpc) is 1.96. The lowest BCUT2D eigenvalue weighted by Gasteiger charge is -2.35. The van der Waals surface area contributed by atoms with Crippen molar-refractivity contribution in [3.63, 3.8) is 0 Å². The molecule has 0 saturated carbocycles. The van der Waals surface area contributed by atoms with Gasteiger partial charge < -0.3 is 15.5 Å². The molecule has 0 spiro atoms. The van der Waals surface area contributed by atoms with E-state index in [1.54, 1.807) is 11.9 Å². The van der Waals surface area contributed by atoms with E-state index < -0.39 is 0 Å². The van der Waals surface area contributed by atoms with Crippen LogP contribution in [0.4, 0.5) is 0 Å². The molecule has 1 rings (SSSR count). The highest BCUT2D eigenvalue weighted by molar-refractivity contribution is 5.83. The van der Waals surface area contributed by atoms with Gasteiger partial charge in [-0.1, -0.05) is 0 Å². The maximum atomic E-state index is 11.4. The molecule has 1 aliphatic rings. The average molecular weight is 185 g/mol. The van der Waals surface area contributed by atoms with Crippen LogP contribution < -0.4 is 10.6 Å². The minimum absolute atomic E-state index is 0.0401. The first-order chi connectivity index (χ1) is 6.11. The molecule has 0 aromatic carbocycles. The number of rotatable bonds is 3. The van der Waals surface area contributed by atoms with Crippen LogP contribution in [0.2, 0.25) is 0 Å². The summed E-state index contributed by atoms with van der Waals surface area (Å²) in [5.41, 5.74) is 0. The summed E-state index contributed by atoms with van der Waals surface area (Å²) in [5, 5.41) is 5.56. The molecule has 0 atom stereocenters. The van der Waals surface area contributed by atoms with E-state index in [0.29, 0.717) is 6.04 Å². The van der Waals surface area contributed by atoms with Crippen molar-refractivity contribution in [1.82, 2.24) is 15.5 Å². The standard InChI is InChI=1S/C8H15N3O2/c1-6(12)10-5-8(13)11(2)7-3-9-4-7/h7,9H,3-5H2,1-2H3,(H,10,12). The minimum Gasteiger partial charge on any atom is -0.347 e. The molecule has 13 heavy (non-hydrogen) atoms. The zero-order chi connectivity index (χ0) is 9.84. The van der Waals surface area contributed by atoms with E-state index in [1.165, 1.54) is 6.92 Å². The minimum atomic E-state index is -0.173. The van der Waals surface area contributed by atoms with E-state index in [4.69, 9.17) is 0 Å². The van der Waals surface area contributed by atoms with Gasteiger partial charge in [-0.05, 0) is 0 Å². The Morgan fingerprint density at radius 3 is 2.54 bits per heavy atom. The molecule has 2 amide bonds. The molecule has 5 nitrogen and oxygen atoms in total. The molecule has 1 fully saturated rings. The van der Waals surface area contributed by atoms with E-state index >= 15 is 0 Å². The van der Waals surface area contributed by atoms with Gasteiger partial charge in [-0.15, -0.1) is 0 Å². The van der Waals surface area contributed by atoms with Crippen LogP contribution in [0.5, 0.6) is 0 Å². The number of carbonyl (C=O) groups is 2. The van der Waals surface area contributed by atoms with Crippen molar-refractivity contribution in [1.29, 1.82) is 0 Å². The van der Waals surface area contributed by atoms with Crippen LogP contribution >= 0.6 is 0 Å². The Morgan fingerprint density at radius 2 is 2.15 bits per heavy atom. The molecule has 0 aromatic rings. The molecule has 1 saturated heterocycles. The van der Waals surface area contributed by atoms with Gasteiger partial charge in [0.15, 0.2) is 0 Å². The summed E-state index contributed by atoms with van der Waals surface area (Å²) in [6.45, 7) is 3.20. The fourth-order valence-corrected chi connectivity index (χ4v) is 1.08. The van der Waals surface area contributed by atoms with Gasteiger partial charge in [0.25, 0.3) is 0 Å². The summed E-state index contributed by atoms with van der Waals surface area (Å²) in [4.78, 5) is 23.6. The quantitative estimate of drug-likeness (QED) is 0.565. The van der Waals surface area contributed by atoms with Gasteiger partial charge in [-0.2, -0.15) is 0 Å². The van der Waals surface area contributed by atoms with Crippen molar-refractivity contribution < 1.29 is 9.59 Å². The summed E-state index contributed by atoms with van der Waals surface area (Å²) < 4.78 is 0. The highest BCUT2D eigenvalue weighted by atomic mass is 16.2. The number of hydrogen-bond acceptors (Lipinski definition) is 3. The number of nitrogens with one attached hydrogen (secondary N) is 2. The topological polar surface area (TPSA) is 61.4 Å². The van der Waals surface area contributed by atoms with Crippen LogP contribution in [-0.4, -0.2) is 49.4 Å². The molecule has 74 valence electrons. The van der Waals surface area contributed by atoms with E-state index in [0.717, 1.165) is 13.1 Å². The second-order valence-electron chi connectivity index (χ2n) is 3.23. The Kier molecular flexibility index (Phi) is 3.25. The predicted molar refractivity (Wildman–Crippen MR) is 48.1 cm³/mol. The fraction of sp³-hybridized carbons (Fsp3) is 0.750. The van der Waals surface area contributed by atoms with Crippen LogP contribution in [0, 0.1) is 0 Å². The van der Waals surface area contributed by atoms with Gasteiger partial charge in [-0.3, -0.25) is 9.59 Å². The molecule has 0 aromatic heterocycles. The maximum Gasteiger partial charge on any atom is 0.242 e. The molecule has 0 bridgehead atoms. The van der Waals surface area contributed by atoms with Gasteiger partial charge in [0.1, 0.15) is 0 Å². The number of likely N-dealkylation sites (N-methyl/N-ethyl adjacent to an activating group) is 1. The van der Waals surface area contributed by atoms with Crippen LogP contribution in [-0.2, 0) is 9.59 Å². The summed E-state index contributed by atoms with van der Waals surface area (Å²) in [6, 6.07) is 0.293. The molecule has 1 heterocycles. The van der Waals surface area contributed by atoms with Crippen molar-refractivity contribution in [3.05, 3.63) is 0 Å². The summed E-state index contributed by atoms with van der Waals surface area (Å²) in [7, 11) is 1.76. The third-order valence-corrected chi connectivity index (χ3v) is 2.19. The molecule has 2 N–H and O–H groups in total. The number of amides is 2. The van der Waals surface area contributed by atoms with E-state index in [9.17, 15) is 9.59 Å². The molecule has 0 unspecified atom stereocenters. The van der Waals surface area contributed by atoms with Crippen molar-refractivity contribution in [2.75, 3.05) is 26.7 Å². The Hall–Kier alpha value is -1.10. The smallest absolute Gasteiger partial charge is 0.242 e. The Balaban J connectivity index is 2.25. The SMILES string of the molecule is CC(=O)NCC(=O)N(C)C1CNC1. The monoisotopic (exact) mass is 185 g/mol. The largest absolute Gasteiger partial charge is 0.347 e. The zero-order valence-corrected chi connectivity index (χ0v) is 7.96. The number of hydrogen-bond donors (Lipinski definition) is 2. The van der Waals surface area contributed by atoms with Crippen LogP contribution in [0.1, 0.15) is 6.92 Å². The first-order valence-electron chi connectivity index (χ1n) is 4.32. The van der Waals surface area contributed by atoms with Gasteiger partial charge in [-0.25, -0.2) is 0 Å². The summed E-state index contributed by atoms with van der Waals surface area (Å²) >= 11 is 0. The highest BCUT2D eigenvalue weighted by Crippen LogP contribution is 2.01. The van der Waals surface area contributed by atoms with Gasteiger partial charge in [0.2, 0.25) is 11.8 Å². The van der Waals surface area contributed by atoms with Crippen molar-refractivity contribution in [3.8, 4) is 0 Å². The molecular weight excluding hydrogens is 170 g/mol. The Labute approximate surface area is 77.5 Å². The highest BCUT2D eigenvalue weighted by Gasteiger charge is 2.24. The third-order valence-electron chi connectivity index (χ3n) is 2.19. The van der Waals surface area contributed by atoms with Gasteiger partial charge in [0, 0.05) is 27.1 Å². The van der Waals surface area contributed by atoms with Crippen molar-refractivity contribution in [2.24, 2.45) is 0 Å². The Morgan fingerprint density at radius 1 is 1.54 bits per heavy atom. The number of nitrogens with zero attached hydrogens (tertiary/aromatic N) is 1. The lowest BCUT2D eigenvalue weighted by molar-refractivity contribution is -0.133. The second kappa shape index (κ2) is 4.23. The van der Waals surface area contributed by atoms with Crippen molar-refractivity contribution in [2.45, 2.75) is 13.0 Å². The third kappa shape index (κ3) is 2.69. The maximum absolute atomic E-state index is 11.4. The first kappa shape index (κ1) is 9.98. The molecule has 1 aliphatic heterocycles. The molecular formula is C8H15N3O2. The molecule has 0 aliphatic carbocycles. The fourth-order valence-electron chi connectivity index (χ4n) is 1.08.